The molecule has 1 aromatic rings. The maximum Gasteiger partial charge on any atom is 0.178 e. The summed E-state index contributed by atoms with van der Waals surface area (Å²) >= 11 is 0. The van der Waals surface area contributed by atoms with Crippen molar-refractivity contribution in [1.82, 2.24) is 0 Å². The molecular weight excluding hydrogens is 246 g/mol. The number of sulfone groups is 1. The van der Waals surface area contributed by atoms with Crippen LogP contribution >= 0.6 is 0 Å². The van der Waals surface area contributed by atoms with Crippen LogP contribution in [0.5, 0.6) is 0 Å². The first-order valence-electron chi connectivity index (χ1n) is 6.44. The van der Waals surface area contributed by atoms with Crippen molar-refractivity contribution < 1.29 is 8.42 Å². The Morgan fingerprint density at radius 1 is 1.11 bits per heavy atom. The molecule has 0 saturated carbocycles. The van der Waals surface area contributed by atoms with Crippen LogP contribution in [0.3, 0.4) is 0 Å². The molecule has 0 heterocycles. The standard InChI is InChI=1S/C14H23NO2S/c1-5-18(16,17)14-8-6-13(7-9-14)15-12(4)10-11(2)3/h6-9,11-12,15H,5,10H2,1-4H3. The van der Waals surface area contributed by atoms with E-state index in [1.165, 1.54) is 0 Å². The summed E-state index contributed by atoms with van der Waals surface area (Å²) in [5.74, 6) is 0.788. The molecule has 0 aliphatic carbocycles. The largest absolute Gasteiger partial charge is 0.383 e. The van der Waals surface area contributed by atoms with Crippen molar-refractivity contribution in [2.24, 2.45) is 5.92 Å². The van der Waals surface area contributed by atoms with Crippen LogP contribution in [0.1, 0.15) is 34.1 Å². The van der Waals surface area contributed by atoms with Gasteiger partial charge in [0.1, 0.15) is 0 Å². The van der Waals surface area contributed by atoms with E-state index in [0.717, 1.165) is 12.1 Å². The Hall–Kier alpha value is -1.03. The van der Waals surface area contributed by atoms with Gasteiger partial charge in [-0.2, -0.15) is 0 Å². The van der Waals surface area contributed by atoms with Crippen molar-refractivity contribution in [3.8, 4) is 0 Å². The van der Waals surface area contributed by atoms with E-state index in [4.69, 9.17) is 0 Å². The van der Waals surface area contributed by atoms with Crippen LogP contribution in [0.25, 0.3) is 0 Å². The maximum atomic E-state index is 11.7. The van der Waals surface area contributed by atoms with Crippen LogP contribution in [0.4, 0.5) is 5.69 Å². The molecule has 18 heavy (non-hydrogen) atoms. The molecule has 0 saturated heterocycles. The Kier molecular flexibility index (Phi) is 5.20. The van der Waals surface area contributed by atoms with Crippen molar-refractivity contribution in [3.05, 3.63) is 24.3 Å². The molecule has 0 radical (unpaired) electrons. The van der Waals surface area contributed by atoms with Crippen LogP contribution in [0.2, 0.25) is 0 Å². The monoisotopic (exact) mass is 269 g/mol. The molecule has 1 aromatic carbocycles. The highest BCUT2D eigenvalue weighted by molar-refractivity contribution is 7.91. The Morgan fingerprint density at radius 2 is 1.67 bits per heavy atom. The van der Waals surface area contributed by atoms with Gasteiger partial charge in [-0.25, -0.2) is 8.42 Å². The maximum absolute atomic E-state index is 11.7. The summed E-state index contributed by atoms with van der Waals surface area (Å²) in [6.07, 6.45) is 1.09. The Bertz CT molecular complexity index is 463. The zero-order valence-electron chi connectivity index (χ0n) is 11.6. The summed E-state index contributed by atoms with van der Waals surface area (Å²) in [5.41, 5.74) is 0.971. The predicted octanol–water partition coefficient (Wildman–Crippen LogP) is 3.33. The molecular formula is C14H23NO2S. The molecule has 1 N–H and O–H groups in total. The molecule has 0 aliphatic heterocycles. The van der Waals surface area contributed by atoms with Crippen LogP contribution < -0.4 is 5.32 Å². The molecule has 0 amide bonds. The second-order valence-corrected chi connectivity index (χ2v) is 7.38. The van der Waals surface area contributed by atoms with E-state index >= 15 is 0 Å². The second kappa shape index (κ2) is 6.23. The molecule has 3 nitrogen and oxygen atoms in total. The number of nitrogens with one attached hydrogen (secondary N) is 1. The highest BCUT2D eigenvalue weighted by Crippen LogP contribution is 2.17. The molecule has 0 spiro atoms. The fourth-order valence-corrected chi connectivity index (χ4v) is 2.86. The topological polar surface area (TPSA) is 46.2 Å². The summed E-state index contributed by atoms with van der Waals surface area (Å²) in [5, 5.41) is 3.38. The minimum Gasteiger partial charge on any atom is -0.383 e. The first-order valence-corrected chi connectivity index (χ1v) is 8.09. The van der Waals surface area contributed by atoms with Crippen molar-refractivity contribution in [2.75, 3.05) is 11.1 Å². The van der Waals surface area contributed by atoms with Gasteiger partial charge in [-0.15, -0.1) is 0 Å². The summed E-state index contributed by atoms with van der Waals surface area (Å²) < 4.78 is 23.3. The van der Waals surface area contributed by atoms with Crippen molar-refractivity contribution in [2.45, 2.75) is 45.1 Å². The smallest absolute Gasteiger partial charge is 0.178 e. The van der Waals surface area contributed by atoms with Gasteiger partial charge in [0, 0.05) is 11.7 Å². The molecule has 4 heteroatoms. The van der Waals surface area contributed by atoms with Gasteiger partial charge in [-0.05, 0) is 43.5 Å². The first kappa shape index (κ1) is 15.0. The summed E-state index contributed by atoms with van der Waals surface area (Å²) in [6.45, 7) is 8.17. The van der Waals surface area contributed by atoms with Crippen LogP contribution in [-0.4, -0.2) is 20.2 Å². The number of hydrogen-bond acceptors (Lipinski definition) is 3. The van der Waals surface area contributed by atoms with E-state index in [2.05, 4.69) is 26.1 Å². The normalized spacial score (nSPS) is 13.6. The average Bonchev–Trinajstić information content (AvgIpc) is 2.28. The van der Waals surface area contributed by atoms with Gasteiger partial charge in [0.25, 0.3) is 0 Å². The molecule has 0 aromatic heterocycles. The lowest BCUT2D eigenvalue weighted by atomic mass is 10.1. The first-order chi connectivity index (χ1) is 8.35. The fraction of sp³-hybridized carbons (Fsp3) is 0.571. The van der Waals surface area contributed by atoms with Crippen molar-refractivity contribution >= 4 is 15.5 Å². The van der Waals surface area contributed by atoms with Gasteiger partial charge >= 0.3 is 0 Å². The van der Waals surface area contributed by atoms with Gasteiger partial charge in [0.15, 0.2) is 9.84 Å². The third-order valence-corrected chi connectivity index (χ3v) is 4.58. The van der Waals surface area contributed by atoms with E-state index < -0.39 is 9.84 Å². The van der Waals surface area contributed by atoms with Gasteiger partial charge < -0.3 is 5.32 Å². The zero-order chi connectivity index (χ0) is 13.8. The molecule has 0 bridgehead atoms. The lowest BCUT2D eigenvalue weighted by molar-refractivity contribution is 0.540. The molecule has 1 atom stereocenters. The van der Waals surface area contributed by atoms with E-state index in [1.54, 1.807) is 19.1 Å². The van der Waals surface area contributed by atoms with Crippen LogP contribution in [0, 0.1) is 5.92 Å². The molecule has 1 unspecified atom stereocenters. The average molecular weight is 269 g/mol. The van der Waals surface area contributed by atoms with Gasteiger partial charge in [-0.1, -0.05) is 20.8 Å². The lowest BCUT2D eigenvalue weighted by Crippen LogP contribution is -2.17. The predicted molar refractivity (Wildman–Crippen MR) is 76.7 cm³/mol. The van der Waals surface area contributed by atoms with Gasteiger partial charge in [0.2, 0.25) is 0 Å². The highest BCUT2D eigenvalue weighted by atomic mass is 32.2. The highest BCUT2D eigenvalue weighted by Gasteiger charge is 2.11. The summed E-state index contributed by atoms with van der Waals surface area (Å²) in [6, 6.07) is 7.39. The number of rotatable bonds is 6. The Morgan fingerprint density at radius 3 is 2.11 bits per heavy atom. The van der Waals surface area contributed by atoms with Crippen LogP contribution in [0.15, 0.2) is 29.2 Å². The fourth-order valence-electron chi connectivity index (χ4n) is 1.98. The molecule has 0 fully saturated rings. The molecule has 0 aliphatic rings. The van der Waals surface area contributed by atoms with Gasteiger partial charge in [-0.3, -0.25) is 0 Å². The summed E-state index contributed by atoms with van der Waals surface area (Å²) in [7, 11) is -3.09. The molecule has 102 valence electrons. The summed E-state index contributed by atoms with van der Waals surface area (Å²) in [4.78, 5) is 0.395. The zero-order valence-corrected chi connectivity index (χ0v) is 12.4. The third-order valence-electron chi connectivity index (χ3n) is 2.83. The van der Waals surface area contributed by atoms with E-state index in [1.807, 2.05) is 12.1 Å². The minimum absolute atomic E-state index is 0.142. The Labute approximate surface area is 111 Å². The minimum atomic E-state index is -3.09. The number of hydrogen-bond donors (Lipinski definition) is 1. The molecule has 1 rings (SSSR count). The third kappa shape index (κ3) is 4.33. The lowest BCUT2D eigenvalue weighted by Gasteiger charge is -2.17. The van der Waals surface area contributed by atoms with E-state index in [9.17, 15) is 8.42 Å². The number of benzene rings is 1. The van der Waals surface area contributed by atoms with Crippen LogP contribution in [-0.2, 0) is 9.84 Å². The SMILES string of the molecule is CCS(=O)(=O)c1ccc(NC(C)CC(C)C)cc1. The second-order valence-electron chi connectivity index (χ2n) is 5.10. The number of anilines is 1. The van der Waals surface area contributed by atoms with E-state index in [-0.39, 0.29) is 5.75 Å². The van der Waals surface area contributed by atoms with Crippen molar-refractivity contribution in [1.29, 1.82) is 0 Å². The quantitative estimate of drug-likeness (QED) is 0.861. The van der Waals surface area contributed by atoms with Gasteiger partial charge in [0.05, 0.1) is 10.6 Å². The van der Waals surface area contributed by atoms with Crippen molar-refractivity contribution in [3.63, 3.8) is 0 Å². The van der Waals surface area contributed by atoms with E-state index in [0.29, 0.717) is 16.9 Å². The Balaban J connectivity index is 2.72.